The van der Waals surface area contributed by atoms with Gasteiger partial charge in [0.05, 0.1) is 16.6 Å². The fourth-order valence-electron chi connectivity index (χ4n) is 4.72. The molecule has 0 spiro atoms. The van der Waals surface area contributed by atoms with Crippen LogP contribution >= 0.6 is 11.3 Å². The molecule has 2 atom stereocenters. The third-order valence-corrected chi connectivity index (χ3v) is 8.03. The first-order valence-electron chi connectivity index (χ1n) is 13.2. The molecule has 5 heterocycles. The van der Waals surface area contributed by atoms with Crippen molar-refractivity contribution in [1.82, 2.24) is 35.1 Å². The minimum absolute atomic E-state index is 0.0574. The number of aromatic nitrogens is 4. The quantitative estimate of drug-likeness (QED) is 0.460. The maximum atomic E-state index is 15.0. The summed E-state index contributed by atoms with van der Waals surface area (Å²) >= 11 is 1.29. The summed E-state index contributed by atoms with van der Waals surface area (Å²) < 4.78 is 20.4. The number of nitrogens with one attached hydrogen (secondary N) is 2. The van der Waals surface area contributed by atoms with Crippen LogP contribution in [-0.4, -0.2) is 100 Å². The lowest BCUT2D eigenvalue weighted by molar-refractivity contribution is 0.133. The lowest BCUT2D eigenvalue weighted by Crippen LogP contribution is -2.55. The van der Waals surface area contributed by atoms with Crippen LogP contribution in [0.25, 0.3) is 10.6 Å². The number of alkyl halides is 1. The summed E-state index contributed by atoms with van der Waals surface area (Å²) in [5, 5.41) is 6.04. The van der Waals surface area contributed by atoms with Crippen LogP contribution < -0.4 is 20.3 Å². The third-order valence-electron chi connectivity index (χ3n) is 7.09. The average molecular weight is 570 g/mol. The summed E-state index contributed by atoms with van der Waals surface area (Å²) in [6.07, 6.45) is 4.93. The summed E-state index contributed by atoms with van der Waals surface area (Å²) in [5.74, 6) is 0.406. The lowest BCUT2D eigenvalue weighted by atomic mass is 10.0. The highest BCUT2D eigenvalue weighted by Gasteiger charge is 2.35. The first-order chi connectivity index (χ1) is 19.4. The van der Waals surface area contributed by atoms with Gasteiger partial charge in [0.15, 0.2) is 5.13 Å². The van der Waals surface area contributed by atoms with E-state index in [2.05, 4.69) is 42.5 Å². The minimum atomic E-state index is -1.23. The van der Waals surface area contributed by atoms with Crippen molar-refractivity contribution >= 4 is 34.5 Å². The van der Waals surface area contributed by atoms with E-state index in [9.17, 15) is 9.59 Å². The predicted molar refractivity (Wildman–Crippen MR) is 149 cm³/mol. The van der Waals surface area contributed by atoms with Crippen LogP contribution in [0, 0.1) is 0 Å². The van der Waals surface area contributed by atoms with Crippen LogP contribution in [0.1, 0.15) is 19.3 Å². The second-order valence-corrected chi connectivity index (χ2v) is 10.9. The highest BCUT2D eigenvalue weighted by molar-refractivity contribution is 7.19. The van der Waals surface area contributed by atoms with E-state index in [1.54, 1.807) is 24.3 Å². The SMILES string of the molecule is CN1CCC(NC(=O)Oc2ccnc(N3CC[C@@H](F)[C@@H](N(C)C(=O)Nc4ncc(-c5ccccn5)s4)C3)n2)CC1. The van der Waals surface area contributed by atoms with Crippen LogP contribution in [0.4, 0.5) is 25.1 Å². The van der Waals surface area contributed by atoms with Gasteiger partial charge in [-0.1, -0.05) is 17.4 Å². The highest BCUT2D eigenvalue weighted by atomic mass is 32.1. The van der Waals surface area contributed by atoms with Crippen molar-refractivity contribution in [1.29, 1.82) is 0 Å². The van der Waals surface area contributed by atoms with Gasteiger partial charge in [0.2, 0.25) is 11.8 Å². The van der Waals surface area contributed by atoms with Crippen LogP contribution in [0.2, 0.25) is 0 Å². The third kappa shape index (κ3) is 6.80. The van der Waals surface area contributed by atoms with Crippen molar-refractivity contribution in [3.63, 3.8) is 0 Å². The van der Waals surface area contributed by atoms with E-state index in [-0.39, 0.29) is 24.9 Å². The molecule has 212 valence electrons. The molecule has 0 aromatic carbocycles. The molecule has 0 unspecified atom stereocenters. The first kappa shape index (κ1) is 27.6. The number of urea groups is 1. The Morgan fingerprint density at radius 3 is 2.70 bits per heavy atom. The average Bonchev–Trinajstić information content (AvgIpc) is 3.43. The fourth-order valence-corrected chi connectivity index (χ4v) is 5.51. The number of likely N-dealkylation sites (N-methyl/N-ethyl adjacent to an activating group) is 1. The van der Waals surface area contributed by atoms with Crippen molar-refractivity contribution in [3.8, 4) is 16.5 Å². The second-order valence-electron chi connectivity index (χ2n) is 9.91. The second kappa shape index (κ2) is 12.5. The van der Waals surface area contributed by atoms with E-state index in [1.165, 1.54) is 28.5 Å². The number of amides is 3. The molecule has 12 nitrogen and oxygen atoms in total. The number of anilines is 2. The Morgan fingerprint density at radius 2 is 1.93 bits per heavy atom. The number of likely N-dealkylation sites (tertiary alicyclic amines) is 1. The van der Waals surface area contributed by atoms with E-state index in [1.807, 2.05) is 18.2 Å². The molecule has 2 aliphatic rings. The molecule has 3 amide bonds. The molecule has 14 heteroatoms. The van der Waals surface area contributed by atoms with Crippen molar-refractivity contribution < 1.29 is 18.7 Å². The summed E-state index contributed by atoms with van der Waals surface area (Å²) in [6.45, 7) is 2.36. The van der Waals surface area contributed by atoms with Gasteiger partial charge in [-0.05, 0) is 51.5 Å². The zero-order valence-corrected chi connectivity index (χ0v) is 23.2. The number of carbonyl (C=O) groups is 2. The summed E-state index contributed by atoms with van der Waals surface area (Å²) in [7, 11) is 3.61. The lowest BCUT2D eigenvalue weighted by Gasteiger charge is -2.39. The number of nitrogens with zero attached hydrogens (tertiary/aromatic N) is 7. The Balaban J connectivity index is 1.18. The van der Waals surface area contributed by atoms with Crippen molar-refractivity contribution in [3.05, 3.63) is 42.9 Å². The zero-order chi connectivity index (χ0) is 28.1. The van der Waals surface area contributed by atoms with Gasteiger partial charge in [0.25, 0.3) is 0 Å². The highest BCUT2D eigenvalue weighted by Crippen LogP contribution is 2.28. The van der Waals surface area contributed by atoms with Gasteiger partial charge in [0.1, 0.15) is 6.17 Å². The molecule has 3 aromatic heterocycles. The molecule has 3 aromatic rings. The summed E-state index contributed by atoms with van der Waals surface area (Å²) in [6, 6.07) is 5.91. The van der Waals surface area contributed by atoms with E-state index in [0.29, 0.717) is 17.6 Å². The van der Waals surface area contributed by atoms with Gasteiger partial charge in [-0.3, -0.25) is 10.3 Å². The van der Waals surface area contributed by atoms with Gasteiger partial charge in [-0.15, -0.1) is 0 Å². The van der Waals surface area contributed by atoms with E-state index >= 15 is 4.39 Å². The normalized spacial score (nSPS) is 20.1. The van der Waals surface area contributed by atoms with Crippen LogP contribution in [-0.2, 0) is 0 Å². The van der Waals surface area contributed by atoms with Crippen molar-refractivity contribution in [2.45, 2.75) is 37.5 Å². The standard InChI is InChI=1S/C26H32FN9O3S/c1-34-12-7-17(8-13-34)31-26(38)39-22-6-11-29-23(32-22)36-14-9-18(27)20(16-36)35(2)25(37)33-24-30-15-21(40-24)19-5-3-4-10-28-19/h3-6,10-11,15,17-18,20H,7-9,12-14,16H2,1-2H3,(H,31,38)(H,30,33,37)/t18-,20+/m1/s1. The molecule has 2 saturated heterocycles. The number of ether oxygens (including phenoxy) is 1. The Hall–Kier alpha value is -3.91. The molecular formula is C26H32FN9O3S. The van der Waals surface area contributed by atoms with Crippen molar-refractivity contribution in [2.24, 2.45) is 0 Å². The number of hydrogen-bond acceptors (Lipinski definition) is 10. The maximum absolute atomic E-state index is 15.0. The molecule has 2 N–H and O–H groups in total. The van der Waals surface area contributed by atoms with E-state index in [0.717, 1.165) is 36.5 Å². The fraction of sp³-hybridized carbons (Fsp3) is 0.462. The van der Waals surface area contributed by atoms with Crippen molar-refractivity contribution in [2.75, 3.05) is 50.5 Å². The Kier molecular flexibility index (Phi) is 8.65. The predicted octanol–water partition coefficient (Wildman–Crippen LogP) is 3.26. The smallest absolute Gasteiger partial charge is 0.391 e. The van der Waals surface area contributed by atoms with E-state index < -0.39 is 24.3 Å². The molecule has 2 aliphatic heterocycles. The molecule has 40 heavy (non-hydrogen) atoms. The molecule has 2 fully saturated rings. The molecule has 0 saturated carbocycles. The number of pyridine rings is 1. The largest absolute Gasteiger partial charge is 0.414 e. The van der Waals surface area contributed by atoms with Gasteiger partial charge >= 0.3 is 12.1 Å². The monoisotopic (exact) mass is 569 g/mol. The van der Waals surface area contributed by atoms with Crippen LogP contribution in [0.5, 0.6) is 5.88 Å². The van der Waals surface area contributed by atoms with Gasteiger partial charge in [-0.25, -0.2) is 23.9 Å². The number of piperidine rings is 2. The Labute approximate surface area is 235 Å². The molecule has 0 aliphatic carbocycles. The first-order valence-corrected chi connectivity index (χ1v) is 14.0. The van der Waals surface area contributed by atoms with Crippen LogP contribution in [0.3, 0.4) is 0 Å². The molecule has 5 rings (SSSR count). The van der Waals surface area contributed by atoms with Gasteiger partial charge in [-0.2, -0.15) is 4.98 Å². The number of thiazole rings is 1. The maximum Gasteiger partial charge on any atom is 0.414 e. The number of halogens is 1. The Bertz CT molecular complexity index is 1310. The summed E-state index contributed by atoms with van der Waals surface area (Å²) in [4.78, 5) is 48.8. The van der Waals surface area contributed by atoms with Crippen LogP contribution in [0.15, 0.2) is 42.9 Å². The van der Waals surface area contributed by atoms with Gasteiger partial charge < -0.3 is 24.8 Å². The van der Waals surface area contributed by atoms with Gasteiger partial charge in [0, 0.05) is 50.8 Å². The zero-order valence-electron chi connectivity index (χ0n) is 22.4. The molecule has 0 radical (unpaired) electrons. The Morgan fingerprint density at radius 1 is 1.10 bits per heavy atom. The van der Waals surface area contributed by atoms with E-state index in [4.69, 9.17) is 4.74 Å². The topological polar surface area (TPSA) is 129 Å². The number of rotatable bonds is 6. The molecular weight excluding hydrogens is 537 g/mol. The minimum Gasteiger partial charge on any atom is -0.391 e. The number of hydrogen-bond donors (Lipinski definition) is 2. The summed E-state index contributed by atoms with van der Waals surface area (Å²) in [5.41, 5.74) is 0.756. The molecule has 0 bridgehead atoms. The number of carbonyl (C=O) groups excluding carboxylic acids is 2.